The van der Waals surface area contributed by atoms with E-state index in [0.717, 1.165) is 73.6 Å². The molecular weight excluding hydrogens is 857 g/mol. The minimum atomic E-state index is -0.0992. The molecule has 4 heterocycles. The quantitative estimate of drug-likeness (QED) is 0.117. The number of ether oxygens (including phenoxy) is 4. The number of phenols is 4. The first kappa shape index (κ1) is 45.6. The molecule has 4 aliphatic heterocycles. The Kier molecular flexibility index (Phi) is 14.6. The molecule has 0 spiro atoms. The van der Waals surface area contributed by atoms with E-state index in [1.807, 2.05) is 97.1 Å². The second kappa shape index (κ2) is 21.8. The van der Waals surface area contributed by atoms with Crippen molar-refractivity contribution in [2.45, 2.75) is 102 Å². The Balaban J connectivity index is 0.950. The highest BCUT2D eigenvalue weighted by atomic mass is 16.5. The Morgan fingerprint density at radius 3 is 0.750 bits per heavy atom. The number of nitrogens with zero attached hydrogens (tertiary/aromatic N) is 4. The summed E-state index contributed by atoms with van der Waals surface area (Å²) in [5.41, 5.74) is 5.83. The molecule has 2 fully saturated rings. The van der Waals surface area contributed by atoms with Gasteiger partial charge in [-0.1, -0.05) is 98.5 Å². The van der Waals surface area contributed by atoms with Crippen LogP contribution in [0.1, 0.15) is 95.9 Å². The van der Waals surface area contributed by atoms with Gasteiger partial charge in [-0.05, 0) is 96.5 Å². The Bertz CT molecular complexity index is 2410. The summed E-state index contributed by atoms with van der Waals surface area (Å²) >= 11 is 0. The van der Waals surface area contributed by atoms with E-state index in [4.69, 9.17) is 38.9 Å². The van der Waals surface area contributed by atoms with Crippen LogP contribution in [-0.4, -0.2) is 69.5 Å². The molecule has 348 valence electrons. The van der Waals surface area contributed by atoms with Crippen LogP contribution in [0, 0.1) is 0 Å². The number of hydrogen-bond donors (Lipinski definition) is 4. The van der Waals surface area contributed by atoms with Gasteiger partial charge in [-0.2, -0.15) is 0 Å². The summed E-state index contributed by atoms with van der Waals surface area (Å²) in [5, 5.41) is 44.8. The molecule has 4 atom stereocenters. The van der Waals surface area contributed by atoms with Gasteiger partial charge in [0.15, 0.2) is 46.0 Å². The number of benzene rings is 6. The van der Waals surface area contributed by atoms with Crippen molar-refractivity contribution in [3.8, 4) is 46.0 Å². The van der Waals surface area contributed by atoms with Crippen molar-refractivity contribution in [2.24, 2.45) is 20.0 Å². The van der Waals surface area contributed by atoms with Gasteiger partial charge in [0.2, 0.25) is 0 Å². The number of aromatic hydroxyl groups is 4. The molecule has 2 aliphatic carbocycles. The van der Waals surface area contributed by atoms with Gasteiger partial charge >= 0.3 is 0 Å². The molecule has 12 rings (SSSR count). The first-order chi connectivity index (χ1) is 33.3. The zero-order chi connectivity index (χ0) is 46.7. The molecule has 12 nitrogen and oxygen atoms in total. The molecule has 12 bridgehead atoms. The van der Waals surface area contributed by atoms with Crippen molar-refractivity contribution in [3.63, 3.8) is 0 Å². The minimum absolute atomic E-state index is 0.0136. The number of hydrogen-bond acceptors (Lipinski definition) is 12. The summed E-state index contributed by atoms with van der Waals surface area (Å²) in [6, 6.07) is 36.7. The Hall–Kier alpha value is -7.60. The first-order valence-electron chi connectivity index (χ1n) is 23.4. The summed E-state index contributed by atoms with van der Waals surface area (Å²) in [7, 11) is 0. The zero-order valence-corrected chi connectivity index (χ0v) is 37.9. The molecule has 4 N–H and O–H groups in total. The average molecular weight is 913 g/mol. The molecule has 6 aromatic rings. The molecule has 0 saturated heterocycles. The SMILES string of the molecule is Oc1c2cccc1OCc1ccc(cc1)COc1cccc(c1O)C=N[C@@H]1CCCC[C@@H]1N=Cc1cccc(c1O)OCc1ccc(cc1)COc1cccc(c1O)C=N[C@@H]1CCCC[C@@H]1N=C2. The molecule has 0 amide bonds. The highest BCUT2D eigenvalue weighted by Gasteiger charge is 2.25. The van der Waals surface area contributed by atoms with Crippen LogP contribution in [0.3, 0.4) is 0 Å². The number of phenolic OH excluding ortho intramolecular Hbond substituents is 4. The highest BCUT2D eigenvalue weighted by Crippen LogP contribution is 2.35. The lowest BCUT2D eigenvalue weighted by molar-refractivity contribution is 0.286. The number of aliphatic imine (C=N–C) groups is 4. The van der Waals surface area contributed by atoms with Crippen LogP contribution in [0.4, 0.5) is 0 Å². The number of rotatable bonds is 0. The lowest BCUT2D eigenvalue weighted by Crippen LogP contribution is -2.27. The predicted molar refractivity (Wildman–Crippen MR) is 265 cm³/mol. The third-order valence-electron chi connectivity index (χ3n) is 12.8. The summed E-state index contributed by atoms with van der Waals surface area (Å²) in [6.45, 7) is 0.948. The molecule has 0 unspecified atom stereocenters. The maximum atomic E-state index is 11.2. The van der Waals surface area contributed by atoms with E-state index in [1.54, 1.807) is 49.1 Å². The van der Waals surface area contributed by atoms with Crippen LogP contribution in [0.25, 0.3) is 0 Å². The summed E-state index contributed by atoms with van der Waals surface area (Å²) in [6.07, 6.45) is 14.3. The molecule has 68 heavy (non-hydrogen) atoms. The van der Waals surface area contributed by atoms with Crippen molar-refractivity contribution in [1.82, 2.24) is 0 Å². The van der Waals surface area contributed by atoms with Crippen molar-refractivity contribution in [1.29, 1.82) is 0 Å². The van der Waals surface area contributed by atoms with Gasteiger partial charge in [0.05, 0.1) is 24.2 Å². The maximum Gasteiger partial charge on any atom is 0.166 e. The summed E-state index contributed by atoms with van der Waals surface area (Å²) in [5.74, 6) is 1.46. The second-order valence-electron chi connectivity index (χ2n) is 17.5. The third-order valence-corrected chi connectivity index (χ3v) is 12.8. The minimum Gasteiger partial charge on any atom is -0.504 e. The van der Waals surface area contributed by atoms with E-state index >= 15 is 0 Å². The smallest absolute Gasteiger partial charge is 0.166 e. The van der Waals surface area contributed by atoms with Gasteiger partial charge in [0, 0.05) is 47.1 Å². The largest absolute Gasteiger partial charge is 0.504 e. The standard InChI is InChI=1S/C56H56N4O8/c61-53-41-9-5-17-49(53)65-33-37-21-23-39(24-22-37)35-67-51-19-7-11-43(55(51)63)31-59-47-15-3-4-16-48(47)60-32-44-12-8-20-52(56(44)64)68-36-40-27-25-38(26-28-40)34-66-50-18-6-10-42(54(50)62)30-58-46-14-2-1-13-45(46)57-29-41/h5-12,17-32,45-48,61-64H,1-4,13-16,33-36H2/t45-,46+,47+,48-. The topological polar surface area (TPSA) is 167 Å². The van der Waals surface area contributed by atoms with Gasteiger partial charge in [-0.25, -0.2) is 0 Å². The van der Waals surface area contributed by atoms with Crippen LogP contribution in [-0.2, 0) is 26.4 Å². The Morgan fingerprint density at radius 2 is 0.529 bits per heavy atom. The lowest BCUT2D eigenvalue weighted by atomic mass is 9.91. The molecule has 0 aromatic heterocycles. The van der Waals surface area contributed by atoms with Crippen LogP contribution in [0.5, 0.6) is 46.0 Å². The molecule has 2 saturated carbocycles. The van der Waals surface area contributed by atoms with E-state index in [-0.39, 0.29) is 73.6 Å². The van der Waals surface area contributed by atoms with Gasteiger partial charge in [0.1, 0.15) is 26.4 Å². The predicted octanol–water partition coefficient (Wildman–Crippen LogP) is 10.8. The van der Waals surface area contributed by atoms with Crippen LogP contribution < -0.4 is 18.9 Å². The van der Waals surface area contributed by atoms with Gasteiger partial charge in [0.25, 0.3) is 0 Å². The Labute approximate surface area is 396 Å². The lowest BCUT2D eigenvalue weighted by Gasteiger charge is -2.25. The third kappa shape index (κ3) is 11.3. The second-order valence-corrected chi connectivity index (χ2v) is 17.5. The van der Waals surface area contributed by atoms with Crippen molar-refractivity contribution < 1.29 is 39.4 Å². The van der Waals surface area contributed by atoms with Crippen LogP contribution in [0.2, 0.25) is 0 Å². The van der Waals surface area contributed by atoms with E-state index in [1.165, 1.54) is 0 Å². The molecular formula is C56H56N4O8. The van der Waals surface area contributed by atoms with Crippen LogP contribution >= 0.6 is 0 Å². The highest BCUT2D eigenvalue weighted by molar-refractivity contribution is 5.87. The fraction of sp³-hybridized carbons (Fsp3) is 0.286. The van der Waals surface area contributed by atoms with Crippen molar-refractivity contribution in [3.05, 3.63) is 166 Å². The van der Waals surface area contributed by atoms with Gasteiger partial charge in [-0.15, -0.1) is 0 Å². The fourth-order valence-corrected chi connectivity index (χ4v) is 8.73. The normalized spacial score (nSPS) is 20.1. The van der Waals surface area contributed by atoms with E-state index in [0.29, 0.717) is 45.3 Å². The van der Waals surface area contributed by atoms with E-state index < -0.39 is 0 Å². The van der Waals surface area contributed by atoms with Gasteiger partial charge < -0.3 is 39.4 Å². The fourth-order valence-electron chi connectivity index (χ4n) is 8.73. The molecule has 12 heteroatoms. The zero-order valence-electron chi connectivity index (χ0n) is 37.9. The van der Waals surface area contributed by atoms with Crippen molar-refractivity contribution in [2.75, 3.05) is 0 Å². The summed E-state index contributed by atoms with van der Waals surface area (Å²) in [4.78, 5) is 19.6. The number of para-hydroxylation sites is 4. The molecule has 6 aliphatic rings. The van der Waals surface area contributed by atoms with E-state index in [2.05, 4.69) is 0 Å². The van der Waals surface area contributed by atoms with Crippen molar-refractivity contribution >= 4 is 24.9 Å². The van der Waals surface area contributed by atoms with Gasteiger partial charge in [-0.3, -0.25) is 20.0 Å². The first-order valence-corrected chi connectivity index (χ1v) is 23.4. The molecule has 6 aromatic carbocycles. The molecule has 0 radical (unpaired) electrons. The van der Waals surface area contributed by atoms with E-state index in [9.17, 15) is 20.4 Å². The monoisotopic (exact) mass is 912 g/mol. The van der Waals surface area contributed by atoms with Crippen LogP contribution in [0.15, 0.2) is 141 Å². The Morgan fingerprint density at radius 1 is 0.309 bits per heavy atom. The average Bonchev–Trinajstić information content (AvgIpc) is 3.37. The summed E-state index contributed by atoms with van der Waals surface area (Å²) < 4.78 is 24.3. The maximum absolute atomic E-state index is 11.2.